The fourth-order valence-corrected chi connectivity index (χ4v) is 4.64. The van der Waals surface area contributed by atoms with Gasteiger partial charge in [0.25, 0.3) is 0 Å². The van der Waals surface area contributed by atoms with E-state index in [1.165, 1.54) is 6.92 Å². The van der Waals surface area contributed by atoms with Gasteiger partial charge in [-0.05, 0) is 68.0 Å². The molecule has 0 radical (unpaired) electrons. The predicted molar refractivity (Wildman–Crippen MR) is 151 cm³/mol. The van der Waals surface area contributed by atoms with Crippen molar-refractivity contribution in [3.63, 3.8) is 0 Å². The number of carboxylic acid groups (broad SMARTS) is 1. The first kappa shape index (κ1) is 30.6. The third-order valence-corrected chi connectivity index (χ3v) is 6.93. The van der Waals surface area contributed by atoms with Crippen LogP contribution in [0.4, 0.5) is 0 Å². The van der Waals surface area contributed by atoms with E-state index in [1.54, 1.807) is 0 Å². The highest BCUT2D eigenvalue weighted by molar-refractivity contribution is 5.93. The van der Waals surface area contributed by atoms with Crippen molar-refractivity contribution in [3.05, 3.63) is 65.2 Å². The molecule has 0 aromatic heterocycles. The van der Waals surface area contributed by atoms with E-state index in [9.17, 15) is 24.3 Å². The van der Waals surface area contributed by atoms with Crippen molar-refractivity contribution in [1.82, 2.24) is 21.3 Å². The van der Waals surface area contributed by atoms with Crippen LogP contribution in [0.3, 0.4) is 0 Å². The SMILES string of the molecule is CC(=O)N[C@@H](CC(=O)O)C(=O)N[C@@H](CCc1ccccc1)C(=O)NCc1cc(OCC2CCCNC2)ccc1C. The molecular formula is C30H40N4O6. The second kappa shape index (κ2) is 15.6. The highest BCUT2D eigenvalue weighted by Gasteiger charge is 2.28. The van der Waals surface area contributed by atoms with Crippen LogP contribution in [0.1, 0.15) is 49.3 Å². The molecule has 1 saturated heterocycles. The van der Waals surface area contributed by atoms with E-state index in [0.717, 1.165) is 48.4 Å². The van der Waals surface area contributed by atoms with Crippen molar-refractivity contribution in [2.45, 2.75) is 64.6 Å². The maximum Gasteiger partial charge on any atom is 0.305 e. The van der Waals surface area contributed by atoms with Gasteiger partial charge >= 0.3 is 5.97 Å². The normalized spacial score (nSPS) is 16.3. The molecule has 2 aromatic carbocycles. The summed E-state index contributed by atoms with van der Waals surface area (Å²) < 4.78 is 6.03. The summed E-state index contributed by atoms with van der Waals surface area (Å²) in [4.78, 5) is 49.0. The van der Waals surface area contributed by atoms with Gasteiger partial charge in [-0.2, -0.15) is 0 Å². The Bertz CT molecular complexity index is 1130. The minimum atomic E-state index is -1.29. The molecule has 3 rings (SSSR count). The number of benzene rings is 2. The number of hydrogen-bond acceptors (Lipinski definition) is 6. The molecule has 5 N–H and O–H groups in total. The Labute approximate surface area is 235 Å². The van der Waals surface area contributed by atoms with Gasteiger partial charge in [0, 0.05) is 25.9 Å². The number of ether oxygens (including phenoxy) is 1. The van der Waals surface area contributed by atoms with Crippen molar-refractivity contribution < 1.29 is 29.0 Å². The first-order chi connectivity index (χ1) is 19.2. The Morgan fingerprint density at radius 1 is 1.05 bits per heavy atom. The number of amides is 3. The summed E-state index contributed by atoms with van der Waals surface area (Å²) in [6.45, 7) is 6.00. The van der Waals surface area contributed by atoms with Crippen LogP contribution in [0.2, 0.25) is 0 Å². The molecule has 2 aromatic rings. The zero-order chi connectivity index (χ0) is 28.9. The molecule has 0 aliphatic carbocycles. The molecule has 0 spiro atoms. The summed E-state index contributed by atoms with van der Waals surface area (Å²) in [5.74, 6) is -1.70. The van der Waals surface area contributed by atoms with Gasteiger partial charge in [0.2, 0.25) is 17.7 Å². The first-order valence-corrected chi connectivity index (χ1v) is 13.7. The van der Waals surface area contributed by atoms with Gasteiger partial charge in [-0.15, -0.1) is 0 Å². The van der Waals surface area contributed by atoms with E-state index >= 15 is 0 Å². The molecule has 40 heavy (non-hydrogen) atoms. The number of nitrogens with one attached hydrogen (secondary N) is 4. The zero-order valence-corrected chi connectivity index (χ0v) is 23.2. The Hall–Kier alpha value is -3.92. The van der Waals surface area contributed by atoms with E-state index in [2.05, 4.69) is 21.3 Å². The number of carbonyl (C=O) groups excluding carboxylic acids is 3. The molecule has 0 saturated carbocycles. The summed E-state index contributed by atoms with van der Waals surface area (Å²) in [7, 11) is 0. The standard InChI is InChI=1S/C30H40N4O6/c1-20-10-12-25(40-19-23-9-6-14-31-17-23)15-24(20)18-32-29(38)26(13-11-22-7-4-3-5-8-22)34-30(39)27(16-28(36)37)33-21(2)35/h3-5,7-8,10,12,15,23,26-27,31H,6,9,11,13-14,16-19H2,1-2H3,(H,32,38)(H,33,35)(H,34,39)(H,36,37)/t23?,26-,27-/m0/s1. The Kier molecular flexibility index (Phi) is 12.0. The molecule has 216 valence electrons. The molecule has 3 atom stereocenters. The molecule has 1 aliphatic rings. The van der Waals surface area contributed by atoms with Crippen LogP contribution in [-0.4, -0.2) is 60.6 Å². The predicted octanol–water partition coefficient (Wildman–Crippen LogP) is 2.09. The van der Waals surface area contributed by atoms with Gasteiger partial charge in [-0.1, -0.05) is 36.4 Å². The summed E-state index contributed by atoms with van der Waals surface area (Å²) in [6, 6.07) is 13.1. The first-order valence-electron chi connectivity index (χ1n) is 13.7. The van der Waals surface area contributed by atoms with Gasteiger partial charge in [0.05, 0.1) is 13.0 Å². The largest absolute Gasteiger partial charge is 0.493 e. The Balaban J connectivity index is 1.66. The highest BCUT2D eigenvalue weighted by Crippen LogP contribution is 2.20. The van der Waals surface area contributed by atoms with Gasteiger partial charge in [-0.3, -0.25) is 19.2 Å². The summed E-state index contributed by atoms with van der Waals surface area (Å²) in [5.41, 5.74) is 2.87. The number of aryl methyl sites for hydroxylation is 2. The maximum atomic E-state index is 13.3. The fourth-order valence-electron chi connectivity index (χ4n) is 4.64. The summed E-state index contributed by atoms with van der Waals surface area (Å²) >= 11 is 0. The number of rotatable bonds is 14. The van der Waals surface area contributed by atoms with Crippen molar-refractivity contribution in [1.29, 1.82) is 0 Å². The summed E-state index contributed by atoms with van der Waals surface area (Å²) in [5, 5.41) is 20.5. The van der Waals surface area contributed by atoms with Crippen molar-refractivity contribution in [2.24, 2.45) is 5.92 Å². The monoisotopic (exact) mass is 552 g/mol. The van der Waals surface area contributed by atoms with Crippen LogP contribution >= 0.6 is 0 Å². The number of aliphatic carboxylic acids is 1. The molecular weight excluding hydrogens is 512 g/mol. The van der Waals surface area contributed by atoms with E-state index in [-0.39, 0.29) is 6.54 Å². The van der Waals surface area contributed by atoms with Gasteiger partial charge in [0.1, 0.15) is 17.8 Å². The highest BCUT2D eigenvalue weighted by atomic mass is 16.5. The lowest BCUT2D eigenvalue weighted by molar-refractivity contribution is -0.140. The average molecular weight is 553 g/mol. The lowest BCUT2D eigenvalue weighted by Crippen LogP contribution is -2.54. The molecule has 10 nitrogen and oxygen atoms in total. The Morgan fingerprint density at radius 2 is 1.82 bits per heavy atom. The van der Waals surface area contributed by atoms with Crippen LogP contribution in [0, 0.1) is 12.8 Å². The fraction of sp³-hybridized carbons (Fsp3) is 0.467. The molecule has 0 bridgehead atoms. The number of carboxylic acids is 1. The van der Waals surface area contributed by atoms with Gasteiger partial charge < -0.3 is 31.1 Å². The van der Waals surface area contributed by atoms with Crippen LogP contribution in [0.15, 0.2) is 48.5 Å². The number of piperidine rings is 1. The van der Waals surface area contributed by atoms with E-state index < -0.39 is 42.2 Å². The molecule has 3 amide bonds. The topological polar surface area (TPSA) is 146 Å². The average Bonchev–Trinajstić information content (AvgIpc) is 2.94. The van der Waals surface area contributed by atoms with Crippen molar-refractivity contribution in [2.75, 3.05) is 19.7 Å². The van der Waals surface area contributed by atoms with Crippen LogP contribution < -0.4 is 26.0 Å². The lowest BCUT2D eigenvalue weighted by Gasteiger charge is -2.23. The van der Waals surface area contributed by atoms with Crippen LogP contribution in [-0.2, 0) is 32.1 Å². The molecule has 1 aliphatic heterocycles. The second-order valence-electron chi connectivity index (χ2n) is 10.3. The van der Waals surface area contributed by atoms with E-state index in [4.69, 9.17) is 4.74 Å². The van der Waals surface area contributed by atoms with E-state index in [0.29, 0.717) is 25.4 Å². The minimum absolute atomic E-state index is 0.231. The number of hydrogen-bond donors (Lipinski definition) is 5. The minimum Gasteiger partial charge on any atom is -0.493 e. The van der Waals surface area contributed by atoms with Crippen molar-refractivity contribution in [3.8, 4) is 5.75 Å². The lowest BCUT2D eigenvalue weighted by atomic mass is 10.0. The summed E-state index contributed by atoms with van der Waals surface area (Å²) in [6.07, 6.45) is 2.48. The molecule has 1 heterocycles. The molecule has 10 heteroatoms. The molecule has 1 unspecified atom stereocenters. The smallest absolute Gasteiger partial charge is 0.305 e. The maximum absolute atomic E-state index is 13.3. The number of carbonyl (C=O) groups is 4. The third-order valence-electron chi connectivity index (χ3n) is 6.93. The second-order valence-corrected chi connectivity index (χ2v) is 10.3. The van der Waals surface area contributed by atoms with Gasteiger partial charge in [-0.25, -0.2) is 0 Å². The Morgan fingerprint density at radius 3 is 2.50 bits per heavy atom. The van der Waals surface area contributed by atoms with E-state index in [1.807, 2.05) is 55.5 Å². The zero-order valence-electron chi connectivity index (χ0n) is 23.2. The molecule has 1 fully saturated rings. The van der Waals surface area contributed by atoms with Crippen LogP contribution in [0.25, 0.3) is 0 Å². The van der Waals surface area contributed by atoms with Gasteiger partial charge in [0.15, 0.2) is 0 Å². The van der Waals surface area contributed by atoms with Crippen molar-refractivity contribution >= 4 is 23.7 Å². The third kappa shape index (κ3) is 10.3. The quantitative estimate of drug-likeness (QED) is 0.241. The van der Waals surface area contributed by atoms with Crippen LogP contribution in [0.5, 0.6) is 5.75 Å².